The number of halogens is 2. The van der Waals surface area contributed by atoms with Crippen LogP contribution in [-0.4, -0.2) is 46.3 Å². The summed E-state index contributed by atoms with van der Waals surface area (Å²) < 4.78 is 7.93. The summed E-state index contributed by atoms with van der Waals surface area (Å²) in [5.41, 5.74) is 10.9. The Morgan fingerprint density at radius 3 is 2.69 bits per heavy atom. The highest BCUT2D eigenvalue weighted by Crippen LogP contribution is 2.43. The number of aromatic nitrogens is 2. The van der Waals surface area contributed by atoms with E-state index in [0.717, 1.165) is 66.4 Å². The van der Waals surface area contributed by atoms with Crippen molar-refractivity contribution >= 4 is 34.7 Å². The van der Waals surface area contributed by atoms with Crippen LogP contribution in [-0.2, 0) is 11.3 Å². The molecule has 6 nitrogen and oxygen atoms in total. The number of nitrogens with two attached hydrogens (primary N) is 1. The van der Waals surface area contributed by atoms with Gasteiger partial charge >= 0.3 is 0 Å². The molecule has 2 aliphatic rings. The number of rotatable bonds is 3. The Morgan fingerprint density at radius 1 is 1.28 bits per heavy atom. The molecule has 2 atom stereocenters. The van der Waals surface area contributed by atoms with E-state index < -0.39 is 0 Å². The second-order valence-electron chi connectivity index (χ2n) is 9.12. The molecule has 2 unspecified atom stereocenters. The maximum absolute atomic E-state index is 10.0. The number of aliphatic hydroxyl groups is 1. The molecule has 5 rings (SSSR count). The van der Waals surface area contributed by atoms with E-state index in [2.05, 4.69) is 29.8 Å². The second-order valence-corrected chi connectivity index (χ2v) is 9.91. The molecule has 170 valence electrons. The molecular formula is C24H28Cl2N4O2. The number of pyridine rings is 1. The van der Waals surface area contributed by atoms with E-state index in [1.807, 2.05) is 16.5 Å². The van der Waals surface area contributed by atoms with E-state index in [1.54, 1.807) is 12.3 Å². The van der Waals surface area contributed by atoms with Crippen molar-refractivity contribution in [3.05, 3.63) is 51.8 Å². The zero-order chi connectivity index (χ0) is 22.6. The number of benzene rings is 1. The highest BCUT2D eigenvalue weighted by atomic mass is 35.5. The molecule has 0 radical (unpaired) electrons. The van der Waals surface area contributed by atoms with Crippen LogP contribution in [0.5, 0.6) is 0 Å². The summed E-state index contributed by atoms with van der Waals surface area (Å²) in [6, 6.07) is 7.85. The molecule has 3 aromatic rings. The van der Waals surface area contributed by atoms with E-state index in [1.165, 1.54) is 0 Å². The first kappa shape index (κ1) is 22.0. The molecule has 2 aromatic heterocycles. The molecule has 2 fully saturated rings. The lowest BCUT2D eigenvalue weighted by Crippen LogP contribution is -2.51. The van der Waals surface area contributed by atoms with Gasteiger partial charge in [-0.15, -0.1) is 0 Å². The lowest BCUT2D eigenvalue weighted by atomic mass is 9.73. The van der Waals surface area contributed by atoms with Gasteiger partial charge in [0, 0.05) is 35.7 Å². The quantitative estimate of drug-likeness (QED) is 0.586. The third-order valence-corrected chi connectivity index (χ3v) is 8.16. The van der Waals surface area contributed by atoms with Gasteiger partial charge in [0.2, 0.25) is 0 Å². The molecule has 2 saturated heterocycles. The number of piperidine rings is 1. The lowest BCUT2D eigenvalue weighted by Gasteiger charge is -2.42. The number of imidazole rings is 1. The van der Waals surface area contributed by atoms with Gasteiger partial charge in [0.05, 0.1) is 41.3 Å². The lowest BCUT2D eigenvalue weighted by molar-refractivity contribution is 0.0974. The summed E-state index contributed by atoms with van der Waals surface area (Å²) in [4.78, 5) is 7.05. The van der Waals surface area contributed by atoms with Crippen LogP contribution < -0.4 is 10.6 Å². The number of aryl methyl sites for hydroxylation is 1. The van der Waals surface area contributed by atoms with Crippen LogP contribution >= 0.6 is 23.2 Å². The highest BCUT2D eigenvalue weighted by Gasteiger charge is 2.47. The number of hydrogen-bond acceptors (Lipinski definition) is 5. The zero-order valence-electron chi connectivity index (χ0n) is 18.3. The SMILES string of the molecule is Cc1cc(N2CCC3(CC2)COC(C)C3N)n2c(CO)cnc2c1-c1cccc(Cl)c1Cl. The summed E-state index contributed by atoms with van der Waals surface area (Å²) in [7, 11) is 0. The summed E-state index contributed by atoms with van der Waals surface area (Å²) in [6.07, 6.45) is 3.79. The molecule has 8 heteroatoms. The molecule has 4 heterocycles. The predicted molar refractivity (Wildman–Crippen MR) is 129 cm³/mol. The molecule has 1 aromatic carbocycles. The van der Waals surface area contributed by atoms with Gasteiger partial charge in [0.25, 0.3) is 0 Å². The Kier molecular flexibility index (Phi) is 5.63. The maximum Gasteiger partial charge on any atom is 0.146 e. The van der Waals surface area contributed by atoms with Crippen LogP contribution in [0.4, 0.5) is 5.82 Å². The third kappa shape index (κ3) is 3.32. The number of hydrogen-bond donors (Lipinski definition) is 2. The largest absolute Gasteiger partial charge is 0.390 e. The Labute approximate surface area is 197 Å². The summed E-state index contributed by atoms with van der Waals surface area (Å²) in [6.45, 7) is 6.51. The fourth-order valence-corrected chi connectivity index (χ4v) is 5.75. The van der Waals surface area contributed by atoms with E-state index in [9.17, 15) is 5.11 Å². The van der Waals surface area contributed by atoms with Gasteiger partial charge in [-0.1, -0.05) is 35.3 Å². The highest BCUT2D eigenvalue weighted by molar-refractivity contribution is 6.43. The Morgan fingerprint density at radius 2 is 2.03 bits per heavy atom. The van der Waals surface area contributed by atoms with Crippen molar-refractivity contribution in [2.75, 3.05) is 24.6 Å². The first-order valence-corrected chi connectivity index (χ1v) is 11.8. The number of nitrogens with zero attached hydrogens (tertiary/aromatic N) is 3. The monoisotopic (exact) mass is 474 g/mol. The van der Waals surface area contributed by atoms with Gasteiger partial charge in [-0.25, -0.2) is 4.98 Å². The van der Waals surface area contributed by atoms with E-state index in [0.29, 0.717) is 10.0 Å². The van der Waals surface area contributed by atoms with Crippen LogP contribution in [0.25, 0.3) is 16.8 Å². The zero-order valence-corrected chi connectivity index (χ0v) is 19.8. The number of aliphatic hydroxyl groups excluding tert-OH is 1. The Hall–Kier alpha value is -1.83. The Bertz CT molecular complexity index is 1170. The van der Waals surface area contributed by atoms with Crippen LogP contribution in [0.1, 0.15) is 31.0 Å². The standard InChI is InChI=1S/C24H28Cl2N4O2/c1-14-10-19(29-8-6-24(7-9-29)13-32-15(2)22(24)27)30-16(12-31)11-28-23(30)20(14)17-4-3-5-18(25)21(17)26/h3-5,10-11,15,22,31H,6-9,12-13,27H2,1-2H3. The maximum atomic E-state index is 10.0. The van der Waals surface area contributed by atoms with Crippen LogP contribution in [0.15, 0.2) is 30.5 Å². The summed E-state index contributed by atoms with van der Waals surface area (Å²) >= 11 is 12.9. The van der Waals surface area contributed by atoms with Crippen molar-refractivity contribution in [1.82, 2.24) is 9.38 Å². The smallest absolute Gasteiger partial charge is 0.146 e. The number of fused-ring (bicyclic) bond motifs is 1. The van der Waals surface area contributed by atoms with Crippen LogP contribution in [0.2, 0.25) is 10.0 Å². The molecule has 1 spiro atoms. The first-order chi connectivity index (χ1) is 15.4. The third-order valence-electron chi connectivity index (χ3n) is 7.34. The van der Waals surface area contributed by atoms with Gasteiger partial charge in [-0.2, -0.15) is 0 Å². The topological polar surface area (TPSA) is 76.0 Å². The average Bonchev–Trinajstić information content (AvgIpc) is 3.33. The van der Waals surface area contributed by atoms with Crippen molar-refractivity contribution in [3.8, 4) is 11.1 Å². The minimum atomic E-state index is -0.103. The van der Waals surface area contributed by atoms with E-state index in [4.69, 9.17) is 33.7 Å². The van der Waals surface area contributed by atoms with Crippen molar-refractivity contribution in [3.63, 3.8) is 0 Å². The van der Waals surface area contributed by atoms with Gasteiger partial charge in [0.1, 0.15) is 11.5 Å². The fraction of sp³-hybridized carbons (Fsp3) is 0.458. The molecular weight excluding hydrogens is 447 g/mol. The molecule has 0 aliphatic carbocycles. The molecule has 2 aliphatic heterocycles. The normalized spacial score (nSPS) is 22.9. The van der Waals surface area contributed by atoms with Crippen LogP contribution in [0.3, 0.4) is 0 Å². The van der Waals surface area contributed by atoms with Gasteiger partial charge in [-0.3, -0.25) is 4.40 Å². The predicted octanol–water partition coefficient (Wildman–Crippen LogP) is 4.44. The summed E-state index contributed by atoms with van der Waals surface area (Å²) in [5, 5.41) is 11.1. The minimum Gasteiger partial charge on any atom is -0.390 e. The second kappa shape index (κ2) is 8.19. The van der Waals surface area contributed by atoms with Crippen molar-refractivity contribution in [2.24, 2.45) is 11.1 Å². The molecule has 32 heavy (non-hydrogen) atoms. The minimum absolute atomic E-state index is 0.0487. The van der Waals surface area contributed by atoms with Crippen molar-refractivity contribution in [1.29, 1.82) is 0 Å². The molecule has 3 N–H and O–H groups in total. The fourth-order valence-electron chi connectivity index (χ4n) is 5.35. The first-order valence-electron chi connectivity index (χ1n) is 11.0. The van der Waals surface area contributed by atoms with Crippen molar-refractivity contribution in [2.45, 2.75) is 45.4 Å². The van der Waals surface area contributed by atoms with Gasteiger partial charge in [-0.05, 0) is 44.4 Å². The Balaban J connectivity index is 1.58. The van der Waals surface area contributed by atoms with Gasteiger partial charge in [0.15, 0.2) is 0 Å². The van der Waals surface area contributed by atoms with Gasteiger partial charge < -0.3 is 20.5 Å². The van der Waals surface area contributed by atoms with E-state index >= 15 is 0 Å². The van der Waals surface area contributed by atoms with E-state index in [-0.39, 0.29) is 24.2 Å². The molecule has 0 bridgehead atoms. The molecule has 0 saturated carbocycles. The number of ether oxygens (including phenoxy) is 1. The summed E-state index contributed by atoms with van der Waals surface area (Å²) in [5.74, 6) is 1.02. The molecule has 0 amide bonds. The van der Waals surface area contributed by atoms with Crippen molar-refractivity contribution < 1.29 is 9.84 Å². The van der Waals surface area contributed by atoms with Crippen LogP contribution in [0, 0.1) is 12.3 Å². The number of anilines is 1. The average molecular weight is 475 g/mol.